The highest BCUT2D eigenvalue weighted by molar-refractivity contribution is 7.80. The first-order valence-electron chi connectivity index (χ1n) is 10.3. The molecule has 0 bridgehead atoms. The van der Waals surface area contributed by atoms with Crippen molar-refractivity contribution < 1.29 is 17.9 Å². The number of thiophene rings is 1. The van der Waals surface area contributed by atoms with Gasteiger partial charge in [0.15, 0.2) is 10.9 Å². The number of rotatable bonds is 7. The van der Waals surface area contributed by atoms with E-state index in [0.717, 1.165) is 16.7 Å². The summed E-state index contributed by atoms with van der Waals surface area (Å²) in [6.45, 7) is 2.02. The fourth-order valence-corrected chi connectivity index (χ4v) is 4.02. The number of alkyl halides is 3. The molecule has 4 aromatic rings. The number of benzene rings is 2. The van der Waals surface area contributed by atoms with Crippen LogP contribution in [0.4, 0.5) is 13.2 Å². The second-order valence-corrected chi connectivity index (χ2v) is 8.49. The molecule has 4 rings (SSSR count). The van der Waals surface area contributed by atoms with E-state index >= 15 is 0 Å². The van der Waals surface area contributed by atoms with Crippen molar-refractivity contribution in [3.05, 3.63) is 82.8 Å². The molecule has 7 nitrogen and oxygen atoms in total. The van der Waals surface area contributed by atoms with E-state index in [-0.39, 0.29) is 11.8 Å². The van der Waals surface area contributed by atoms with Crippen molar-refractivity contribution in [3.8, 4) is 22.8 Å². The van der Waals surface area contributed by atoms with Gasteiger partial charge in [0.25, 0.3) is 0 Å². The third-order valence-electron chi connectivity index (χ3n) is 4.77. The Labute approximate surface area is 208 Å². The Hall–Kier alpha value is -3.77. The summed E-state index contributed by atoms with van der Waals surface area (Å²) < 4.78 is 42.3. The van der Waals surface area contributed by atoms with Crippen LogP contribution < -0.4 is 15.5 Å². The highest BCUT2D eigenvalue weighted by Gasteiger charge is 2.31. The molecule has 2 aromatic heterocycles. The summed E-state index contributed by atoms with van der Waals surface area (Å²) in [7, 11) is 0. The van der Waals surface area contributed by atoms with Crippen molar-refractivity contribution in [1.29, 1.82) is 0 Å². The summed E-state index contributed by atoms with van der Waals surface area (Å²) in [4.78, 5) is 4.28. The minimum Gasteiger partial charge on any atom is -0.406 e. The molecule has 1 unspecified atom stereocenters. The van der Waals surface area contributed by atoms with E-state index in [2.05, 4.69) is 36.0 Å². The number of hydrogen-bond acceptors (Lipinski definition) is 6. The van der Waals surface area contributed by atoms with Crippen LogP contribution in [0.3, 0.4) is 0 Å². The molecule has 0 radical (unpaired) electrons. The lowest BCUT2D eigenvalue weighted by Gasteiger charge is -2.13. The minimum absolute atomic E-state index is 0.0780. The minimum atomic E-state index is -4.74. The molecular weight excluding hydrogens is 497 g/mol. The lowest BCUT2D eigenvalue weighted by atomic mass is 10.1. The van der Waals surface area contributed by atoms with Gasteiger partial charge in [-0.05, 0) is 71.4 Å². The average Bonchev–Trinajstić information content (AvgIpc) is 3.52. The predicted molar refractivity (Wildman–Crippen MR) is 133 cm³/mol. The van der Waals surface area contributed by atoms with Crippen LogP contribution in [-0.4, -0.2) is 32.5 Å². The molecule has 2 aromatic carbocycles. The summed E-state index contributed by atoms with van der Waals surface area (Å²) in [6, 6.07) is 14.9. The maximum absolute atomic E-state index is 12.3. The molecule has 2 N–H and O–H groups in total. The van der Waals surface area contributed by atoms with E-state index in [1.807, 2.05) is 42.6 Å². The second-order valence-electron chi connectivity index (χ2n) is 7.30. The number of thiocarbonyl (C=S) groups is 1. The number of hydrogen-bond donors (Lipinski definition) is 2. The molecule has 0 fully saturated rings. The van der Waals surface area contributed by atoms with Gasteiger partial charge in [-0.1, -0.05) is 24.3 Å². The molecule has 0 aliphatic heterocycles. The first-order valence-corrected chi connectivity index (χ1v) is 11.6. The lowest BCUT2D eigenvalue weighted by Crippen LogP contribution is -2.33. The number of nitrogens with one attached hydrogen (secondary N) is 2. The number of ether oxygens (including phenoxy) is 1. The zero-order valence-corrected chi connectivity index (χ0v) is 19.9. The van der Waals surface area contributed by atoms with Gasteiger partial charge >= 0.3 is 6.36 Å². The van der Waals surface area contributed by atoms with Crippen LogP contribution in [0.15, 0.2) is 76.8 Å². The van der Waals surface area contributed by atoms with Gasteiger partial charge in [-0.3, -0.25) is 5.43 Å². The zero-order valence-electron chi connectivity index (χ0n) is 18.2. The first-order chi connectivity index (χ1) is 16.8. The van der Waals surface area contributed by atoms with Gasteiger partial charge in [0.05, 0.1) is 17.9 Å². The van der Waals surface area contributed by atoms with E-state index in [4.69, 9.17) is 12.2 Å². The summed E-state index contributed by atoms with van der Waals surface area (Å²) in [5.41, 5.74) is 6.12. The monoisotopic (exact) mass is 516 g/mol. The molecule has 180 valence electrons. The molecule has 0 saturated carbocycles. The maximum Gasteiger partial charge on any atom is 0.573 e. The van der Waals surface area contributed by atoms with Crippen molar-refractivity contribution in [1.82, 2.24) is 25.5 Å². The van der Waals surface area contributed by atoms with Gasteiger partial charge < -0.3 is 10.1 Å². The Kier molecular flexibility index (Phi) is 7.42. The number of nitrogens with zero attached hydrogens (tertiary/aromatic N) is 4. The third-order valence-corrected chi connectivity index (χ3v) is 5.68. The van der Waals surface area contributed by atoms with Crippen molar-refractivity contribution >= 4 is 34.9 Å². The highest BCUT2D eigenvalue weighted by Crippen LogP contribution is 2.24. The van der Waals surface area contributed by atoms with Gasteiger partial charge in [-0.2, -0.15) is 16.4 Å². The number of halogens is 3. The van der Waals surface area contributed by atoms with E-state index < -0.39 is 6.36 Å². The molecule has 2 heterocycles. The van der Waals surface area contributed by atoms with Crippen LogP contribution in [0.2, 0.25) is 0 Å². The van der Waals surface area contributed by atoms with E-state index in [1.54, 1.807) is 17.6 Å². The normalized spacial score (nSPS) is 12.5. The third kappa shape index (κ3) is 6.87. The van der Waals surface area contributed by atoms with E-state index in [9.17, 15) is 13.2 Å². The number of hydrazone groups is 1. The quantitative estimate of drug-likeness (QED) is 0.193. The van der Waals surface area contributed by atoms with Gasteiger partial charge in [-0.15, -0.1) is 18.3 Å². The van der Waals surface area contributed by atoms with Crippen molar-refractivity contribution in [2.75, 3.05) is 0 Å². The molecule has 1 atom stereocenters. The van der Waals surface area contributed by atoms with Gasteiger partial charge in [0, 0.05) is 5.56 Å². The summed E-state index contributed by atoms with van der Waals surface area (Å²) in [6.07, 6.45) is -1.61. The Balaban J connectivity index is 1.33. The van der Waals surface area contributed by atoms with Gasteiger partial charge in [0.2, 0.25) is 0 Å². The van der Waals surface area contributed by atoms with Gasteiger partial charge in [0.1, 0.15) is 12.1 Å². The maximum atomic E-state index is 12.3. The Morgan fingerprint density at radius 1 is 1.14 bits per heavy atom. The van der Waals surface area contributed by atoms with Gasteiger partial charge in [-0.25, -0.2) is 9.67 Å². The Morgan fingerprint density at radius 3 is 2.54 bits per heavy atom. The van der Waals surface area contributed by atoms with Crippen LogP contribution >= 0.6 is 23.6 Å². The van der Waals surface area contributed by atoms with Crippen molar-refractivity contribution in [2.45, 2.75) is 19.3 Å². The SMILES string of the molecule is CC(NC(=S)NN=Cc1ccc(-c2ncn(-c3ccc(OC(F)(F)F)cc3)n2)cc1)c1ccsc1. The summed E-state index contributed by atoms with van der Waals surface area (Å²) >= 11 is 6.90. The van der Waals surface area contributed by atoms with Crippen LogP contribution in [0.25, 0.3) is 17.1 Å². The second kappa shape index (κ2) is 10.7. The Bertz CT molecular complexity index is 1290. The molecule has 0 saturated heterocycles. The van der Waals surface area contributed by atoms with Crippen molar-refractivity contribution in [2.24, 2.45) is 5.10 Å². The fraction of sp³-hybridized carbons (Fsp3) is 0.130. The zero-order chi connectivity index (χ0) is 24.8. The van der Waals surface area contributed by atoms with E-state index in [1.165, 1.54) is 35.3 Å². The highest BCUT2D eigenvalue weighted by atomic mass is 32.1. The van der Waals surface area contributed by atoms with Crippen LogP contribution in [0, 0.1) is 0 Å². The topological polar surface area (TPSA) is 76.4 Å². The molecule has 0 amide bonds. The van der Waals surface area contributed by atoms with Crippen molar-refractivity contribution in [3.63, 3.8) is 0 Å². The summed E-state index contributed by atoms with van der Waals surface area (Å²) in [5, 5.41) is 16.2. The van der Waals surface area contributed by atoms with Crippen LogP contribution in [0.5, 0.6) is 5.75 Å². The standard InChI is InChI=1S/C23H19F3N6OS2/c1-15(18-10-11-35-13-18)29-22(34)30-28-12-16-2-4-17(5-3-16)21-27-14-32(31-21)19-6-8-20(9-7-19)33-23(24,25)26/h2-15H,1H3,(H2,29,30,34). The van der Waals surface area contributed by atoms with E-state index in [0.29, 0.717) is 16.6 Å². The average molecular weight is 517 g/mol. The first kappa shape index (κ1) is 24.4. The largest absolute Gasteiger partial charge is 0.573 e. The number of aromatic nitrogens is 3. The molecule has 0 aliphatic carbocycles. The lowest BCUT2D eigenvalue weighted by molar-refractivity contribution is -0.274. The molecule has 0 aliphatic rings. The van der Waals surface area contributed by atoms with Crippen LogP contribution in [-0.2, 0) is 0 Å². The molecule has 35 heavy (non-hydrogen) atoms. The molecule has 0 spiro atoms. The van der Waals surface area contributed by atoms with Crippen LogP contribution in [0.1, 0.15) is 24.1 Å². The molecular formula is C23H19F3N6OS2. The summed E-state index contributed by atoms with van der Waals surface area (Å²) in [5.74, 6) is 0.164. The Morgan fingerprint density at radius 2 is 1.89 bits per heavy atom. The molecule has 12 heteroatoms. The fourth-order valence-electron chi connectivity index (χ4n) is 3.04. The predicted octanol–water partition coefficient (Wildman–Crippen LogP) is 5.45. The smallest absolute Gasteiger partial charge is 0.406 e.